The van der Waals surface area contributed by atoms with E-state index >= 15 is 0 Å². The third kappa shape index (κ3) is 1.94. The smallest absolute Gasteiger partial charge is 0.248 e. The van der Waals surface area contributed by atoms with Gasteiger partial charge in [0.1, 0.15) is 6.04 Å². The highest BCUT2D eigenvalue weighted by Crippen LogP contribution is 2.44. The van der Waals surface area contributed by atoms with Crippen molar-refractivity contribution in [1.29, 1.82) is 0 Å². The minimum Gasteiger partial charge on any atom is -0.378 e. The molecule has 5 rings (SSSR count). The summed E-state index contributed by atoms with van der Waals surface area (Å²) in [4.78, 5) is 15.2. The maximum atomic E-state index is 13.1. The fourth-order valence-corrected chi connectivity index (χ4v) is 3.64. The molecule has 2 aliphatic rings. The Labute approximate surface area is 149 Å². The van der Waals surface area contributed by atoms with E-state index in [0.29, 0.717) is 17.1 Å². The van der Waals surface area contributed by atoms with Crippen LogP contribution in [0.1, 0.15) is 27.5 Å². The maximum absolute atomic E-state index is 13.1. The van der Waals surface area contributed by atoms with Crippen LogP contribution in [0.15, 0.2) is 54.1 Å². The molecule has 1 aliphatic heterocycles. The number of benzene rings is 2. The topological polar surface area (TPSA) is 75.9 Å². The van der Waals surface area contributed by atoms with Crippen molar-refractivity contribution in [2.45, 2.75) is 6.04 Å². The Kier molecular flexibility index (Phi) is 3.00. The van der Waals surface area contributed by atoms with E-state index in [2.05, 4.69) is 20.8 Å². The van der Waals surface area contributed by atoms with E-state index < -0.39 is 0 Å². The van der Waals surface area contributed by atoms with Gasteiger partial charge in [0.2, 0.25) is 5.95 Å². The van der Waals surface area contributed by atoms with Crippen LogP contribution in [0.5, 0.6) is 0 Å². The molecule has 0 bridgehead atoms. The third-order valence-electron chi connectivity index (χ3n) is 4.93. The minimum absolute atomic E-state index is 0.0194. The van der Waals surface area contributed by atoms with E-state index in [1.807, 2.05) is 67.5 Å². The Balaban J connectivity index is 1.70. The highest BCUT2D eigenvalue weighted by atomic mass is 16.1. The van der Waals surface area contributed by atoms with E-state index in [4.69, 9.17) is 0 Å². The number of fused-ring (bicyclic) bond motifs is 3. The quantitative estimate of drug-likeness (QED) is 0.769. The third-order valence-corrected chi connectivity index (χ3v) is 4.93. The summed E-state index contributed by atoms with van der Waals surface area (Å²) in [6.07, 6.45) is 0. The zero-order chi connectivity index (χ0) is 17.8. The molecule has 1 atom stereocenters. The van der Waals surface area contributed by atoms with Gasteiger partial charge in [0, 0.05) is 30.9 Å². The van der Waals surface area contributed by atoms with Gasteiger partial charge in [0.05, 0.1) is 11.3 Å². The largest absolute Gasteiger partial charge is 0.378 e. The molecule has 0 amide bonds. The van der Waals surface area contributed by atoms with Gasteiger partial charge in [-0.25, -0.2) is 0 Å². The number of hydrogen-bond acceptors (Lipinski definition) is 6. The number of Topliss-reactive ketones (excluding diaryl/α,β-unsaturated/α-hetero) is 1. The van der Waals surface area contributed by atoms with Crippen molar-refractivity contribution >= 4 is 23.1 Å². The van der Waals surface area contributed by atoms with Crippen LogP contribution in [0.4, 0.5) is 11.6 Å². The average molecular weight is 344 g/mol. The van der Waals surface area contributed by atoms with Crippen molar-refractivity contribution in [2.24, 2.45) is 0 Å². The molecule has 0 fully saturated rings. The number of hydrogen-bond donors (Lipinski definition) is 1. The van der Waals surface area contributed by atoms with Crippen LogP contribution < -0.4 is 10.2 Å². The van der Waals surface area contributed by atoms with E-state index in [-0.39, 0.29) is 11.8 Å². The fraction of sp³-hybridized carbons (Fsp3) is 0.158. The highest BCUT2D eigenvalue weighted by molar-refractivity contribution is 6.23. The molecule has 128 valence electrons. The average Bonchev–Trinajstić information content (AvgIpc) is 3.24. The molecule has 1 N–H and O–H groups in total. The molecule has 7 nitrogen and oxygen atoms in total. The summed E-state index contributed by atoms with van der Waals surface area (Å²) in [5, 5.41) is 15.2. The molecule has 7 heteroatoms. The van der Waals surface area contributed by atoms with Crippen LogP contribution in [-0.4, -0.2) is 40.1 Å². The zero-order valence-corrected chi connectivity index (χ0v) is 14.3. The number of nitrogens with zero attached hydrogens (tertiary/aromatic N) is 5. The molecular formula is C19H16N6O. The Morgan fingerprint density at radius 3 is 2.50 bits per heavy atom. The van der Waals surface area contributed by atoms with Gasteiger partial charge in [-0.05, 0) is 28.1 Å². The lowest BCUT2D eigenvalue weighted by Gasteiger charge is -2.26. The molecule has 1 aromatic heterocycles. The van der Waals surface area contributed by atoms with Crippen molar-refractivity contribution in [3.63, 3.8) is 0 Å². The van der Waals surface area contributed by atoms with E-state index in [1.165, 1.54) is 0 Å². The molecule has 26 heavy (non-hydrogen) atoms. The van der Waals surface area contributed by atoms with E-state index in [0.717, 1.165) is 22.5 Å². The minimum atomic E-state index is -0.354. The first kappa shape index (κ1) is 14.8. The van der Waals surface area contributed by atoms with Gasteiger partial charge in [-0.1, -0.05) is 41.5 Å². The summed E-state index contributed by atoms with van der Waals surface area (Å²) in [6, 6.07) is 15.4. The number of nitrogens with one attached hydrogen (secondary N) is 1. The van der Waals surface area contributed by atoms with Gasteiger partial charge in [0.25, 0.3) is 0 Å². The Bertz CT molecular complexity index is 1060. The van der Waals surface area contributed by atoms with Gasteiger partial charge < -0.3 is 10.2 Å². The van der Waals surface area contributed by atoms with E-state index in [1.54, 1.807) is 4.68 Å². The molecule has 0 saturated heterocycles. The molecule has 3 aromatic rings. The number of allylic oxidation sites excluding steroid dienone is 1. The molecular weight excluding hydrogens is 328 g/mol. The molecule has 2 heterocycles. The monoisotopic (exact) mass is 344 g/mol. The lowest BCUT2D eigenvalue weighted by Crippen LogP contribution is -2.25. The summed E-state index contributed by atoms with van der Waals surface area (Å²) in [6.45, 7) is 0. The van der Waals surface area contributed by atoms with Crippen LogP contribution in [0.2, 0.25) is 0 Å². The molecule has 1 aliphatic carbocycles. The Hall–Kier alpha value is -3.48. The SMILES string of the molecule is CN(C)c1ccc(C2C3=C(Nc4nnnn42)c2ccccc2C3=O)cc1. The lowest BCUT2D eigenvalue weighted by atomic mass is 9.94. The van der Waals surface area contributed by atoms with Crippen molar-refractivity contribution in [2.75, 3.05) is 24.3 Å². The first-order valence-corrected chi connectivity index (χ1v) is 8.35. The van der Waals surface area contributed by atoms with Crippen LogP contribution in [-0.2, 0) is 0 Å². The number of rotatable bonds is 2. The lowest BCUT2D eigenvalue weighted by molar-refractivity contribution is 0.102. The summed E-state index contributed by atoms with van der Waals surface area (Å²) in [7, 11) is 3.99. The van der Waals surface area contributed by atoms with Gasteiger partial charge in [-0.2, -0.15) is 4.68 Å². The zero-order valence-electron chi connectivity index (χ0n) is 14.3. The molecule has 1 unspecified atom stereocenters. The number of carbonyl (C=O) groups is 1. The van der Waals surface area contributed by atoms with Crippen molar-refractivity contribution in [3.8, 4) is 0 Å². The second-order valence-electron chi connectivity index (χ2n) is 6.62. The number of anilines is 2. The fourth-order valence-electron chi connectivity index (χ4n) is 3.64. The summed E-state index contributed by atoms with van der Waals surface area (Å²) in [5.41, 5.74) is 5.16. The second-order valence-corrected chi connectivity index (χ2v) is 6.62. The molecule has 0 spiro atoms. The van der Waals surface area contributed by atoms with Crippen molar-refractivity contribution in [1.82, 2.24) is 20.2 Å². The van der Waals surface area contributed by atoms with Gasteiger partial charge in [0.15, 0.2) is 5.78 Å². The predicted molar refractivity (Wildman–Crippen MR) is 98.0 cm³/mol. The molecule has 0 radical (unpaired) electrons. The first-order chi connectivity index (χ1) is 12.6. The van der Waals surface area contributed by atoms with Crippen LogP contribution in [0.25, 0.3) is 5.70 Å². The molecule has 2 aromatic carbocycles. The van der Waals surface area contributed by atoms with Gasteiger partial charge >= 0.3 is 0 Å². The van der Waals surface area contributed by atoms with Crippen molar-refractivity contribution in [3.05, 3.63) is 70.8 Å². The number of carbonyl (C=O) groups excluding carboxylic acids is 1. The summed E-state index contributed by atoms with van der Waals surface area (Å²) >= 11 is 0. The number of tetrazole rings is 1. The maximum Gasteiger partial charge on any atom is 0.248 e. The predicted octanol–water partition coefficient (Wildman–Crippen LogP) is 2.36. The van der Waals surface area contributed by atoms with Gasteiger partial charge in [-0.15, -0.1) is 0 Å². The van der Waals surface area contributed by atoms with Crippen LogP contribution in [0.3, 0.4) is 0 Å². The first-order valence-electron chi connectivity index (χ1n) is 8.35. The van der Waals surface area contributed by atoms with Gasteiger partial charge in [-0.3, -0.25) is 4.79 Å². The van der Waals surface area contributed by atoms with E-state index in [9.17, 15) is 4.79 Å². The van der Waals surface area contributed by atoms with Crippen LogP contribution in [0, 0.1) is 0 Å². The normalized spacial score (nSPS) is 17.5. The Morgan fingerprint density at radius 2 is 1.77 bits per heavy atom. The van der Waals surface area contributed by atoms with Crippen LogP contribution >= 0.6 is 0 Å². The standard InChI is InChI=1S/C19H16N6O/c1-24(2)12-9-7-11(8-10-12)17-15-16(20-19-21-22-23-25(17)19)13-5-3-4-6-14(13)18(15)26/h3-10,17H,1-2H3,(H,20,21,23). The Morgan fingerprint density at radius 1 is 1.04 bits per heavy atom. The summed E-state index contributed by atoms with van der Waals surface area (Å²) < 4.78 is 1.67. The summed E-state index contributed by atoms with van der Waals surface area (Å²) in [5.74, 6) is 0.556. The van der Waals surface area contributed by atoms with Crippen molar-refractivity contribution < 1.29 is 4.79 Å². The second kappa shape index (κ2) is 5.26. The number of ketones is 1. The molecule has 0 saturated carbocycles. The highest BCUT2D eigenvalue weighted by Gasteiger charge is 2.41. The number of aromatic nitrogens is 4.